The number of nitrogens with one attached hydrogen (secondary N) is 1. The second kappa shape index (κ2) is 7.18. The SMILES string of the molecule is Cc1ccccc1/C=N/NC(=O)c1ccc(-n2c(C)ccc2C)cc1. The Balaban J connectivity index is 1.70. The minimum atomic E-state index is -0.225. The molecule has 2 aromatic carbocycles. The third kappa shape index (κ3) is 3.69. The fraction of sp³-hybridized carbons (Fsp3) is 0.143. The highest BCUT2D eigenvalue weighted by Gasteiger charge is 2.07. The topological polar surface area (TPSA) is 46.4 Å². The monoisotopic (exact) mass is 331 g/mol. The number of aryl methyl sites for hydroxylation is 3. The number of aromatic nitrogens is 1. The number of rotatable bonds is 4. The molecule has 0 aliphatic carbocycles. The van der Waals surface area contributed by atoms with E-state index in [1.807, 2.05) is 55.5 Å². The number of nitrogens with zero attached hydrogens (tertiary/aromatic N) is 2. The fourth-order valence-corrected chi connectivity index (χ4v) is 2.79. The van der Waals surface area contributed by atoms with E-state index in [4.69, 9.17) is 0 Å². The van der Waals surface area contributed by atoms with Crippen molar-refractivity contribution in [2.45, 2.75) is 20.8 Å². The molecule has 1 aromatic heterocycles. The quantitative estimate of drug-likeness (QED) is 0.566. The van der Waals surface area contributed by atoms with Crippen molar-refractivity contribution in [1.29, 1.82) is 0 Å². The van der Waals surface area contributed by atoms with Crippen molar-refractivity contribution in [3.63, 3.8) is 0 Å². The van der Waals surface area contributed by atoms with Crippen LogP contribution in [0.2, 0.25) is 0 Å². The summed E-state index contributed by atoms with van der Waals surface area (Å²) in [4.78, 5) is 12.2. The van der Waals surface area contributed by atoms with Gasteiger partial charge in [0.25, 0.3) is 5.91 Å². The van der Waals surface area contributed by atoms with Crippen LogP contribution in [0.15, 0.2) is 65.8 Å². The van der Waals surface area contributed by atoms with Crippen LogP contribution in [0, 0.1) is 20.8 Å². The molecule has 3 aromatic rings. The summed E-state index contributed by atoms with van der Waals surface area (Å²) >= 11 is 0. The van der Waals surface area contributed by atoms with Gasteiger partial charge in [-0.15, -0.1) is 0 Å². The lowest BCUT2D eigenvalue weighted by Gasteiger charge is -2.10. The highest BCUT2D eigenvalue weighted by Crippen LogP contribution is 2.16. The predicted octanol–water partition coefficient (Wildman–Crippen LogP) is 4.17. The number of carbonyl (C=O) groups excluding carboxylic acids is 1. The highest BCUT2D eigenvalue weighted by molar-refractivity contribution is 5.95. The molecule has 4 heteroatoms. The first kappa shape index (κ1) is 16.7. The Hall–Kier alpha value is -3.14. The standard InChI is InChI=1S/C21H21N3O/c1-15-6-4-5-7-19(15)14-22-23-21(25)18-10-12-20(13-11-18)24-16(2)8-9-17(24)3/h4-14H,1-3H3,(H,23,25)/b22-14+. The molecule has 126 valence electrons. The third-order valence-corrected chi connectivity index (χ3v) is 4.22. The van der Waals surface area contributed by atoms with Gasteiger partial charge >= 0.3 is 0 Å². The van der Waals surface area contributed by atoms with Crippen LogP contribution in [0.5, 0.6) is 0 Å². The van der Waals surface area contributed by atoms with Crippen molar-refractivity contribution in [3.8, 4) is 5.69 Å². The van der Waals surface area contributed by atoms with Crippen LogP contribution < -0.4 is 5.43 Å². The van der Waals surface area contributed by atoms with Gasteiger partial charge in [-0.05, 0) is 68.3 Å². The number of hydrazone groups is 1. The van der Waals surface area contributed by atoms with Gasteiger partial charge in [0.15, 0.2) is 0 Å². The van der Waals surface area contributed by atoms with Gasteiger partial charge in [-0.3, -0.25) is 4.79 Å². The van der Waals surface area contributed by atoms with Crippen LogP contribution in [0.3, 0.4) is 0 Å². The Morgan fingerprint density at radius 1 is 0.920 bits per heavy atom. The zero-order valence-corrected chi connectivity index (χ0v) is 14.7. The van der Waals surface area contributed by atoms with Crippen LogP contribution in [0.25, 0.3) is 5.69 Å². The summed E-state index contributed by atoms with van der Waals surface area (Å²) in [7, 11) is 0. The number of hydrogen-bond acceptors (Lipinski definition) is 2. The summed E-state index contributed by atoms with van der Waals surface area (Å²) in [5, 5.41) is 4.05. The zero-order chi connectivity index (χ0) is 17.8. The second-order valence-corrected chi connectivity index (χ2v) is 6.05. The fourth-order valence-electron chi connectivity index (χ4n) is 2.79. The molecule has 0 aliphatic rings. The third-order valence-electron chi connectivity index (χ3n) is 4.22. The van der Waals surface area contributed by atoms with Crippen molar-refractivity contribution in [2.75, 3.05) is 0 Å². The number of benzene rings is 2. The molecule has 0 fully saturated rings. The summed E-state index contributed by atoms with van der Waals surface area (Å²) in [5.74, 6) is -0.225. The van der Waals surface area contributed by atoms with Gasteiger partial charge in [-0.1, -0.05) is 24.3 Å². The first-order valence-corrected chi connectivity index (χ1v) is 8.20. The average molecular weight is 331 g/mol. The lowest BCUT2D eigenvalue weighted by molar-refractivity contribution is 0.0955. The second-order valence-electron chi connectivity index (χ2n) is 6.05. The Morgan fingerprint density at radius 3 is 2.20 bits per heavy atom. The van der Waals surface area contributed by atoms with Crippen LogP contribution in [-0.2, 0) is 0 Å². The van der Waals surface area contributed by atoms with Crippen LogP contribution in [-0.4, -0.2) is 16.7 Å². The van der Waals surface area contributed by atoms with Gasteiger partial charge in [0, 0.05) is 22.6 Å². The maximum absolute atomic E-state index is 12.2. The van der Waals surface area contributed by atoms with Crippen molar-refractivity contribution in [1.82, 2.24) is 9.99 Å². The molecule has 0 saturated heterocycles. The van der Waals surface area contributed by atoms with Gasteiger partial charge in [-0.25, -0.2) is 5.43 Å². The van der Waals surface area contributed by atoms with E-state index in [-0.39, 0.29) is 5.91 Å². The maximum Gasteiger partial charge on any atom is 0.271 e. The highest BCUT2D eigenvalue weighted by atomic mass is 16.2. The molecule has 3 rings (SSSR count). The smallest absolute Gasteiger partial charge is 0.271 e. The first-order chi connectivity index (χ1) is 12.1. The first-order valence-electron chi connectivity index (χ1n) is 8.20. The molecule has 1 N–H and O–H groups in total. The normalized spacial score (nSPS) is 11.0. The Morgan fingerprint density at radius 2 is 1.56 bits per heavy atom. The largest absolute Gasteiger partial charge is 0.319 e. The summed E-state index contributed by atoms with van der Waals surface area (Å²) in [6, 6.07) is 19.6. The zero-order valence-electron chi connectivity index (χ0n) is 14.7. The van der Waals surface area contributed by atoms with Crippen molar-refractivity contribution >= 4 is 12.1 Å². The molecule has 1 heterocycles. The summed E-state index contributed by atoms with van der Waals surface area (Å²) in [5.41, 5.74) is 8.62. The van der Waals surface area contributed by atoms with Gasteiger partial charge < -0.3 is 4.57 Å². The Bertz CT molecular complexity index is 901. The molecule has 0 atom stereocenters. The molecule has 0 unspecified atom stereocenters. The van der Waals surface area contributed by atoms with E-state index >= 15 is 0 Å². The van der Waals surface area contributed by atoms with Gasteiger partial charge in [0.1, 0.15) is 0 Å². The van der Waals surface area contributed by atoms with Crippen molar-refractivity contribution in [3.05, 3.63) is 88.7 Å². The molecule has 0 bridgehead atoms. The van der Waals surface area contributed by atoms with E-state index in [1.54, 1.807) is 6.21 Å². The van der Waals surface area contributed by atoms with E-state index in [0.717, 1.165) is 28.2 Å². The van der Waals surface area contributed by atoms with Crippen molar-refractivity contribution in [2.24, 2.45) is 5.10 Å². The van der Waals surface area contributed by atoms with E-state index in [9.17, 15) is 4.79 Å². The lowest BCUT2D eigenvalue weighted by Crippen LogP contribution is -2.17. The van der Waals surface area contributed by atoms with Gasteiger partial charge in [-0.2, -0.15) is 5.10 Å². The molecule has 0 spiro atoms. The molecule has 25 heavy (non-hydrogen) atoms. The Kier molecular flexibility index (Phi) is 4.80. The van der Waals surface area contributed by atoms with E-state index in [2.05, 4.69) is 41.1 Å². The average Bonchev–Trinajstić information content (AvgIpc) is 2.95. The number of hydrogen-bond donors (Lipinski definition) is 1. The van der Waals surface area contributed by atoms with Gasteiger partial charge in [0.2, 0.25) is 0 Å². The Labute approximate surface area is 147 Å². The van der Waals surface area contributed by atoms with Gasteiger partial charge in [0.05, 0.1) is 6.21 Å². The molecule has 1 amide bonds. The summed E-state index contributed by atoms with van der Waals surface area (Å²) in [6.07, 6.45) is 1.66. The van der Waals surface area contributed by atoms with Crippen LogP contribution >= 0.6 is 0 Å². The molecule has 0 radical (unpaired) electrons. The summed E-state index contributed by atoms with van der Waals surface area (Å²) in [6.45, 7) is 6.13. The van der Waals surface area contributed by atoms with E-state index < -0.39 is 0 Å². The molecule has 0 saturated carbocycles. The summed E-state index contributed by atoms with van der Waals surface area (Å²) < 4.78 is 2.15. The van der Waals surface area contributed by atoms with E-state index in [0.29, 0.717) is 5.56 Å². The van der Waals surface area contributed by atoms with Crippen LogP contribution in [0.4, 0.5) is 0 Å². The lowest BCUT2D eigenvalue weighted by atomic mass is 10.1. The molecule has 0 aliphatic heterocycles. The minimum Gasteiger partial charge on any atom is -0.319 e. The molecular weight excluding hydrogens is 310 g/mol. The predicted molar refractivity (Wildman–Crippen MR) is 101 cm³/mol. The number of amides is 1. The van der Waals surface area contributed by atoms with E-state index in [1.165, 1.54) is 0 Å². The minimum absolute atomic E-state index is 0.225. The maximum atomic E-state index is 12.2. The number of carbonyl (C=O) groups is 1. The van der Waals surface area contributed by atoms with Crippen molar-refractivity contribution < 1.29 is 4.79 Å². The molecular formula is C21H21N3O. The van der Waals surface area contributed by atoms with Crippen LogP contribution in [0.1, 0.15) is 32.9 Å². The molecule has 4 nitrogen and oxygen atoms in total.